The van der Waals surface area contributed by atoms with Crippen LogP contribution < -0.4 is 20.7 Å². The van der Waals surface area contributed by atoms with Crippen LogP contribution in [0.4, 0.5) is 21.6 Å². The van der Waals surface area contributed by atoms with E-state index in [4.69, 9.17) is 0 Å². The lowest BCUT2D eigenvalue weighted by Crippen LogP contribution is -2.44. The number of amides is 1. The normalized spacial score (nSPS) is 20.2. The van der Waals surface area contributed by atoms with Gasteiger partial charge in [0.1, 0.15) is 5.82 Å². The molecule has 0 saturated heterocycles. The number of nitrogens with zero attached hydrogens (tertiary/aromatic N) is 5. The average Bonchev–Trinajstić information content (AvgIpc) is 3.56. The number of carbonyl (C=O) groups is 1. The SMILES string of the molecule is CN(C)S(=O)(=O)N[C@H]1CC[C@H](Nc2cc(NC3CC3)c3ncc(C(=O)Nc4ccncc4F)n3n2)CC1. The van der Waals surface area contributed by atoms with E-state index in [2.05, 4.69) is 35.7 Å². The van der Waals surface area contributed by atoms with Crippen molar-refractivity contribution in [1.82, 2.24) is 28.6 Å². The molecule has 14 heteroatoms. The van der Waals surface area contributed by atoms with Gasteiger partial charge in [-0.1, -0.05) is 0 Å². The molecule has 2 aliphatic rings. The Kier molecular flexibility index (Phi) is 6.96. The van der Waals surface area contributed by atoms with E-state index in [1.165, 1.54) is 41.4 Å². The van der Waals surface area contributed by atoms with Gasteiger partial charge in [-0.3, -0.25) is 9.78 Å². The molecule has 0 radical (unpaired) electrons. The number of carbonyl (C=O) groups excluding carboxylic acids is 1. The Balaban J connectivity index is 1.34. The van der Waals surface area contributed by atoms with Gasteiger partial charge < -0.3 is 16.0 Å². The number of pyridine rings is 1. The van der Waals surface area contributed by atoms with Crippen LogP contribution in [0.1, 0.15) is 49.0 Å². The first-order valence-electron chi connectivity index (χ1n) is 12.2. The molecular formula is C23H30FN9O3S. The fourth-order valence-corrected chi connectivity index (χ4v) is 5.16. The molecule has 12 nitrogen and oxygen atoms in total. The predicted molar refractivity (Wildman–Crippen MR) is 137 cm³/mol. The minimum Gasteiger partial charge on any atom is -0.379 e. The van der Waals surface area contributed by atoms with Crippen LogP contribution >= 0.6 is 0 Å². The van der Waals surface area contributed by atoms with Crippen molar-refractivity contribution in [1.29, 1.82) is 0 Å². The van der Waals surface area contributed by atoms with Crippen LogP contribution in [-0.2, 0) is 10.2 Å². The molecule has 3 heterocycles. The van der Waals surface area contributed by atoms with Gasteiger partial charge in [-0.2, -0.15) is 17.4 Å². The molecule has 2 aliphatic carbocycles. The highest BCUT2D eigenvalue weighted by Gasteiger charge is 2.28. The number of imidazole rings is 1. The topological polar surface area (TPSA) is 146 Å². The van der Waals surface area contributed by atoms with E-state index in [9.17, 15) is 17.6 Å². The Morgan fingerprint density at radius 3 is 2.38 bits per heavy atom. The minimum absolute atomic E-state index is 0.0159. The highest BCUT2D eigenvalue weighted by molar-refractivity contribution is 7.87. The van der Waals surface area contributed by atoms with E-state index < -0.39 is 21.9 Å². The summed E-state index contributed by atoms with van der Waals surface area (Å²) in [5, 5.41) is 14.1. The lowest BCUT2D eigenvalue weighted by molar-refractivity contribution is 0.102. The lowest BCUT2D eigenvalue weighted by Gasteiger charge is -2.30. The molecule has 1 amide bonds. The summed E-state index contributed by atoms with van der Waals surface area (Å²) in [4.78, 5) is 21.1. The van der Waals surface area contributed by atoms with Gasteiger partial charge in [-0.25, -0.2) is 13.9 Å². The third kappa shape index (κ3) is 5.81. The first-order chi connectivity index (χ1) is 17.7. The van der Waals surface area contributed by atoms with Gasteiger partial charge in [0, 0.05) is 44.5 Å². The Morgan fingerprint density at radius 1 is 1.03 bits per heavy atom. The second-order valence-electron chi connectivity index (χ2n) is 9.65. The predicted octanol–water partition coefficient (Wildman–Crippen LogP) is 2.21. The van der Waals surface area contributed by atoms with E-state index in [0.29, 0.717) is 30.3 Å². The van der Waals surface area contributed by atoms with Gasteiger partial charge in [0.2, 0.25) is 0 Å². The zero-order chi connectivity index (χ0) is 26.2. The van der Waals surface area contributed by atoms with Crippen molar-refractivity contribution in [2.75, 3.05) is 30.0 Å². The monoisotopic (exact) mass is 531 g/mol. The van der Waals surface area contributed by atoms with Crippen molar-refractivity contribution in [3.05, 3.63) is 42.2 Å². The summed E-state index contributed by atoms with van der Waals surface area (Å²) in [6.07, 6.45) is 8.84. The Labute approximate surface area is 214 Å². The molecule has 2 fully saturated rings. The highest BCUT2D eigenvalue weighted by atomic mass is 32.2. The molecule has 0 aliphatic heterocycles. The quantitative estimate of drug-likeness (QED) is 0.329. The maximum Gasteiger partial charge on any atom is 0.279 e. The van der Waals surface area contributed by atoms with Crippen LogP contribution in [-0.4, -0.2) is 70.4 Å². The van der Waals surface area contributed by atoms with Crippen molar-refractivity contribution < 1.29 is 17.6 Å². The van der Waals surface area contributed by atoms with Crippen LogP contribution in [0.2, 0.25) is 0 Å². The van der Waals surface area contributed by atoms with Gasteiger partial charge in [-0.05, 0) is 44.6 Å². The summed E-state index contributed by atoms with van der Waals surface area (Å²) in [7, 11) is -0.469. The molecule has 0 bridgehead atoms. The fraction of sp³-hybridized carbons (Fsp3) is 0.478. The zero-order valence-corrected chi connectivity index (χ0v) is 21.4. The fourth-order valence-electron chi connectivity index (χ4n) is 4.29. The largest absolute Gasteiger partial charge is 0.379 e. The molecule has 5 rings (SSSR count). The van der Waals surface area contributed by atoms with E-state index in [1.807, 2.05) is 6.07 Å². The summed E-state index contributed by atoms with van der Waals surface area (Å²) < 4.78 is 43.7. The zero-order valence-electron chi connectivity index (χ0n) is 20.6. The summed E-state index contributed by atoms with van der Waals surface area (Å²) >= 11 is 0. The first kappa shape index (κ1) is 25.3. The molecule has 0 spiro atoms. The van der Waals surface area contributed by atoms with Crippen LogP contribution in [0.15, 0.2) is 30.7 Å². The van der Waals surface area contributed by atoms with Gasteiger partial charge in [-0.15, -0.1) is 5.10 Å². The summed E-state index contributed by atoms with van der Waals surface area (Å²) in [6, 6.07) is 3.58. The Bertz CT molecular complexity index is 1400. The van der Waals surface area contributed by atoms with Gasteiger partial charge >= 0.3 is 0 Å². The standard InChI is InChI=1S/C23H30FN9O3S/c1-32(2)37(35,36)31-16-7-5-15(6-8-16)28-21-11-19(27-14-3-4-14)22-26-13-20(33(22)30-21)23(34)29-18-9-10-25-12-17(18)24/h9-16,27,31H,3-8H2,1-2H3,(H,28,30)(H,25,29,34)/t15-,16-. The van der Waals surface area contributed by atoms with Crippen LogP contribution in [0.25, 0.3) is 5.65 Å². The third-order valence-corrected chi connectivity index (χ3v) is 8.13. The third-order valence-electron chi connectivity index (χ3n) is 6.53. The van der Waals surface area contributed by atoms with Crippen LogP contribution in [0.3, 0.4) is 0 Å². The minimum atomic E-state index is -3.47. The van der Waals surface area contributed by atoms with Crippen molar-refractivity contribution in [2.24, 2.45) is 0 Å². The number of anilines is 3. The number of hydrogen-bond donors (Lipinski definition) is 4. The van der Waals surface area contributed by atoms with Gasteiger partial charge in [0.05, 0.1) is 23.8 Å². The van der Waals surface area contributed by atoms with E-state index in [1.54, 1.807) is 0 Å². The smallest absolute Gasteiger partial charge is 0.279 e. The number of hydrogen-bond acceptors (Lipinski definition) is 8. The molecule has 4 N–H and O–H groups in total. The molecule has 3 aromatic rings. The van der Waals surface area contributed by atoms with Crippen molar-refractivity contribution in [2.45, 2.75) is 56.7 Å². The maximum atomic E-state index is 14.0. The summed E-state index contributed by atoms with van der Waals surface area (Å²) in [5.41, 5.74) is 1.43. The van der Waals surface area contributed by atoms with E-state index in [-0.39, 0.29) is 23.5 Å². The maximum absolute atomic E-state index is 14.0. The molecule has 0 aromatic carbocycles. The number of aromatic nitrogens is 4. The number of fused-ring (bicyclic) bond motifs is 1. The lowest BCUT2D eigenvalue weighted by atomic mass is 9.92. The van der Waals surface area contributed by atoms with Crippen molar-refractivity contribution in [3.63, 3.8) is 0 Å². The number of nitrogens with one attached hydrogen (secondary N) is 4. The molecule has 198 valence electrons. The second-order valence-corrected chi connectivity index (χ2v) is 11.6. The Hall–Kier alpha value is -3.36. The molecule has 3 aromatic heterocycles. The van der Waals surface area contributed by atoms with Crippen molar-refractivity contribution >= 4 is 39.0 Å². The van der Waals surface area contributed by atoms with Crippen LogP contribution in [0.5, 0.6) is 0 Å². The summed E-state index contributed by atoms with van der Waals surface area (Å²) in [5.74, 6) is -0.622. The molecule has 0 unspecified atom stereocenters. The number of rotatable bonds is 9. The van der Waals surface area contributed by atoms with Crippen LogP contribution in [0, 0.1) is 5.82 Å². The summed E-state index contributed by atoms with van der Waals surface area (Å²) in [6.45, 7) is 0. The molecule has 2 saturated carbocycles. The first-order valence-corrected chi connectivity index (χ1v) is 13.7. The van der Waals surface area contributed by atoms with E-state index in [0.717, 1.165) is 37.6 Å². The molecule has 37 heavy (non-hydrogen) atoms. The average molecular weight is 532 g/mol. The number of halogens is 1. The van der Waals surface area contributed by atoms with Gasteiger partial charge in [0.25, 0.3) is 16.1 Å². The van der Waals surface area contributed by atoms with Crippen molar-refractivity contribution in [3.8, 4) is 0 Å². The Morgan fingerprint density at radius 2 is 1.70 bits per heavy atom. The highest BCUT2D eigenvalue weighted by Crippen LogP contribution is 2.30. The molecular weight excluding hydrogens is 501 g/mol. The second kappa shape index (κ2) is 10.2. The van der Waals surface area contributed by atoms with E-state index >= 15 is 0 Å². The van der Waals surface area contributed by atoms with Gasteiger partial charge in [0.15, 0.2) is 17.2 Å². The molecule has 0 atom stereocenters.